The van der Waals surface area contributed by atoms with Gasteiger partial charge in [0.15, 0.2) is 16.0 Å². The molecule has 1 aliphatic rings. The van der Waals surface area contributed by atoms with Gasteiger partial charge in [-0.1, -0.05) is 0 Å². The van der Waals surface area contributed by atoms with Gasteiger partial charge in [-0.2, -0.15) is 5.26 Å². The molecule has 26 heavy (non-hydrogen) atoms. The number of sulfone groups is 1. The molecule has 0 radical (unpaired) electrons. The van der Waals surface area contributed by atoms with Gasteiger partial charge in [-0.05, 0) is 24.3 Å². The highest BCUT2D eigenvalue weighted by atomic mass is 32.2. The van der Waals surface area contributed by atoms with E-state index < -0.39 is 34.0 Å². The van der Waals surface area contributed by atoms with Crippen molar-refractivity contribution in [3.8, 4) is 17.6 Å². The molecule has 0 bridgehead atoms. The quantitative estimate of drug-likeness (QED) is 0.845. The fourth-order valence-electron chi connectivity index (χ4n) is 2.92. The molecular formula is C17H13F2NO5S. The summed E-state index contributed by atoms with van der Waals surface area (Å²) in [5.41, 5.74) is -0.536. The maximum Gasteiger partial charge on any atom is 0.175 e. The second-order valence-electron chi connectivity index (χ2n) is 5.88. The molecule has 0 spiro atoms. The van der Waals surface area contributed by atoms with E-state index in [0.717, 1.165) is 24.5 Å². The summed E-state index contributed by atoms with van der Waals surface area (Å²) < 4.78 is 56.9. The van der Waals surface area contributed by atoms with Crippen molar-refractivity contribution in [3.63, 3.8) is 0 Å². The van der Waals surface area contributed by atoms with Crippen molar-refractivity contribution in [2.45, 2.75) is 23.3 Å². The number of ether oxygens (including phenoxy) is 1. The van der Waals surface area contributed by atoms with Gasteiger partial charge in [-0.15, -0.1) is 0 Å². The van der Waals surface area contributed by atoms with E-state index in [2.05, 4.69) is 0 Å². The number of rotatable bonds is 3. The Labute approximate surface area is 147 Å². The number of nitriles is 1. The summed E-state index contributed by atoms with van der Waals surface area (Å²) in [5, 5.41) is 29.0. The standard InChI is InChI=1S/C17H13F2NO5S/c1-26(23,24)12-3-2-11(13-14(12)17(22)15(19)16(13)21)25-10-5-8(7-20)4-9(18)6-10/h2-6,15-17,21-22H,1H3/t15-,16+,17+/m1/s1. The number of hydrogen-bond donors (Lipinski definition) is 2. The first-order chi connectivity index (χ1) is 12.1. The Morgan fingerprint density at radius 2 is 1.81 bits per heavy atom. The third-order valence-electron chi connectivity index (χ3n) is 4.03. The summed E-state index contributed by atoms with van der Waals surface area (Å²) >= 11 is 0. The molecule has 6 nitrogen and oxygen atoms in total. The average Bonchev–Trinajstić information content (AvgIpc) is 2.79. The highest BCUT2D eigenvalue weighted by molar-refractivity contribution is 7.90. The van der Waals surface area contributed by atoms with Gasteiger partial charge >= 0.3 is 0 Å². The third kappa shape index (κ3) is 3.03. The van der Waals surface area contributed by atoms with E-state index in [0.29, 0.717) is 0 Å². The van der Waals surface area contributed by atoms with Crippen molar-refractivity contribution in [2.75, 3.05) is 6.26 Å². The number of hydrogen-bond acceptors (Lipinski definition) is 6. The van der Waals surface area contributed by atoms with Crippen LogP contribution in [-0.2, 0) is 9.84 Å². The zero-order chi connectivity index (χ0) is 19.2. The van der Waals surface area contributed by atoms with Crippen molar-refractivity contribution in [3.05, 3.63) is 52.8 Å². The van der Waals surface area contributed by atoms with Crippen LogP contribution < -0.4 is 4.74 Å². The fraction of sp³-hybridized carbons (Fsp3) is 0.235. The Bertz CT molecular complexity index is 1030. The van der Waals surface area contributed by atoms with Gasteiger partial charge in [0, 0.05) is 23.4 Å². The number of alkyl halides is 1. The van der Waals surface area contributed by atoms with E-state index >= 15 is 0 Å². The van der Waals surface area contributed by atoms with Gasteiger partial charge in [-0.25, -0.2) is 17.2 Å². The van der Waals surface area contributed by atoms with E-state index in [1.54, 1.807) is 6.07 Å². The molecule has 1 aliphatic carbocycles. The predicted molar refractivity (Wildman–Crippen MR) is 85.6 cm³/mol. The summed E-state index contributed by atoms with van der Waals surface area (Å²) in [6.45, 7) is 0. The minimum absolute atomic E-state index is 0.0200. The van der Waals surface area contributed by atoms with Crippen molar-refractivity contribution >= 4 is 9.84 Å². The SMILES string of the molecule is CS(=O)(=O)c1ccc(Oc2cc(F)cc(C#N)c2)c2c1[C@H](O)[C@H](F)[C@H]2O. The van der Waals surface area contributed by atoms with Gasteiger partial charge in [0.1, 0.15) is 29.5 Å². The lowest BCUT2D eigenvalue weighted by atomic mass is 10.1. The van der Waals surface area contributed by atoms with Gasteiger partial charge in [0.2, 0.25) is 0 Å². The van der Waals surface area contributed by atoms with Crippen LogP contribution in [0, 0.1) is 17.1 Å². The van der Waals surface area contributed by atoms with E-state index in [-0.39, 0.29) is 33.1 Å². The van der Waals surface area contributed by atoms with Crippen LogP contribution in [0.1, 0.15) is 28.9 Å². The molecule has 2 aromatic rings. The van der Waals surface area contributed by atoms with Crippen LogP contribution in [0.15, 0.2) is 35.2 Å². The lowest BCUT2D eigenvalue weighted by molar-refractivity contribution is 0.00836. The number of halogens is 2. The van der Waals surface area contributed by atoms with Crippen molar-refractivity contribution < 1.29 is 32.1 Å². The summed E-state index contributed by atoms with van der Waals surface area (Å²) in [4.78, 5) is -0.330. The van der Waals surface area contributed by atoms with Crippen molar-refractivity contribution in [1.29, 1.82) is 5.26 Å². The van der Waals surface area contributed by atoms with Crippen LogP contribution in [0.4, 0.5) is 8.78 Å². The van der Waals surface area contributed by atoms with Gasteiger partial charge < -0.3 is 14.9 Å². The first-order valence-corrected chi connectivity index (χ1v) is 9.28. The molecule has 0 aromatic heterocycles. The largest absolute Gasteiger partial charge is 0.457 e. The first kappa shape index (κ1) is 18.3. The van der Waals surface area contributed by atoms with Crippen LogP contribution in [0.5, 0.6) is 11.5 Å². The Balaban J connectivity index is 2.17. The molecule has 2 N–H and O–H groups in total. The highest BCUT2D eigenvalue weighted by Gasteiger charge is 2.44. The molecule has 0 aliphatic heterocycles. The second-order valence-corrected chi connectivity index (χ2v) is 7.87. The van der Waals surface area contributed by atoms with Crippen molar-refractivity contribution in [1.82, 2.24) is 0 Å². The molecule has 0 unspecified atom stereocenters. The highest BCUT2D eigenvalue weighted by Crippen LogP contribution is 2.49. The van der Waals surface area contributed by atoms with E-state index in [4.69, 9.17) is 10.00 Å². The topological polar surface area (TPSA) is 108 Å². The van der Waals surface area contributed by atoms with Gasteiger partial charge in [0.05, 0.1) is 16.5 Å². The molecule has 3 rings (SSSR count). The zero-order valence-electron chi connectivity index (χ0n) is 13.3. The van der Waals surface area contributed by atoms with E-state index in [9.17, 15) is 27.4 Å². The molecule has 3 atom stereocenters. The molecule has 136 valence electrons. The Kier molecular flexibility index (Phi) is 4.44. The zero-order valence-corrected chi connectivity index (χ0v) is 14.2. The minimum atomic E-state index is -3.81. The molecule has 0 amide bonds. The number of aliphatic hydroxyl groups excluding tert-OH is 2. The monoisotopic (exact) mass is 381 g/mol. The normalized spacial score (nSPS) is 21.9. The Morgan fingerprint density at radius 1 is 1.15 bits per heavy atom. The molecule has 0 saturated heterocycles. The van der Waals surface area contributed by atoms with Crippen LogP contribution in [0.25, 0.3) is 0 Å². The summed E-state index contributed by atoms with van der Waals surface area (Å²) in [6.07, 6.45) is -4.92. The molecule has 2 aromatic carbocycles. The van der Waals surface area contributed by atoms with Crippen molar-refractivity contribution in [2.24, 2.45) is 0 Å². The third-order valence-corrected chi connectivity index (χ3v) is 5.18. The van der Waals surface area contributed by atoms with Gasteiger partial charge in [-0.3, -0.25) is 0 Å². The van der Waals surface area contributed by atoms with Crippen LogP contribution >= 0.6 is 0 Å². The summed E-state index contributed by atoms with van der Waals surface area (Å²) in [5.74, 6) is -0.985. The molecule has 0 saturated carbocycles. The minimum Gasteiger partial charge on any atom is -0.457 e. The Hall–Kier alpha value is -2.54. The molecule has 9 heteroatoms. The molecule has 0 fully saturated rings. The van der Waals surface area contributed by atoms with Crippen LogP contribution in [0.3, 0.4) is 0 Å². The summed E-state index contributed by atoms with van der Waals surface area (Å²) in [7, 11) is -3.81. The lowest BCUT2D eigenvalue weighted by Gasteiger charge is -2.15. The average molecular weight is 381 g/mol. The Morgan fingerprint density at radius 3 is 2.42 bits per heavy atom. The smallest absolute Gasteiger partial charge is 0.175 e. The number of fused-ring (bicyclic) bond motifs is 1. The van der Waals surface area contributed by atoms with Crippen LogP contribution in [0.2, 0.25) is 0 Å². The first-order valence-electron chi connectivity index (χ1n) is 7.39. The van der Waals surface area contributed by atoms with Crippen LogP contribution in [-0.4, -0.2) is 31.1 Å². The lowest BCUT2D eigenvalue weighted by Crippen LogP contribution is -2.13. The number of aliphatic hydroxyl groups is 2. The van der Waals surface area contributed by atoms with Gasteiger partial charge in [0.25, 0.3) is 0 Å². The molecular weight excluding hydrogens is 368 g/mol. The molecule has 0 heterocycles. The predicted octanol–water partition coefficient (Wildman–Crippen LogP) is 2.31. The fourth-order valence-corrected chi connectivity index (χ4v) is 3.87. The second kappa shape index (κ2) is 6.32. The maximum absolute atomic E-state index is 14.1. The van der Waals surface area contributed by atoms with E-state index in [1.165, 1.54) is 12.1 Å². The summed E-state index contributed by atoms with van der Waals surface area (Å²) in [6, 6.07) is 7.23. The maximum atomic E-state index is 14.1. The number of benzene rings is 2. The number of nitrogens with zero attached hydrogens (tertiary/aromatic N) is 1. The van der Waals surface area contributed by atoms with E-state index in [1.807, 2.05) is 0 Å².